The summed E-state index contributed by atoms with van der Waals surface area (Å²) in [6.07, 6.45) is -3.70. The van der Waals surface area contributed by atoms with E-state index >= 15 is 0 Å². The topological polar surface area (TPSA) is 64.0 Å². The molecular weight excluding hydrogens is 435 g/mol. The van der Waals surface area contributed by atoms with Crippen LogP contribution in [0, 0.1) is 0 Å². The zero-order valence-corrected chi connectivity index (χ0v) is 18.0. The summed E-state index contributed by atoms with van der Waals surface area (Å²) in [5.74, 6) is -0.111. The molecule has 3 rings (SSSR count). The van der Waals surface area contributed by atoms with Gasteiger partial charge in [-0.2, -0.15) is 13.2 Å². The van der Waals surface area contributed by atoms with E-state index in [1.807, 2.05) is 6.92 Å². The molecule has 0 saturated heterocycles. The summed E-state index contributed by atoms with van der Waals surface area (Å²) in [6, 6.07) is 7.01. The molecule has 0 fully saturated rings. The summed E-state index contributed by atoms with van der Waals surface area (Å²) >= 11 is 2.53. The summed E-state index contributed by atoms with van der Waals surface area (Å²) in [5.41, 5.74) is 0.167. The van der Waals surface area contributed by atoms with Gasteiger partial charge >= 0.3 is 6.18 Å². The first-order valence-electron chi connectivity index (χ1n) is 9.25. The van der Waals surface area contributed by atoms with Gasteiger partial charge in [-0.15, -0.1) is 11.3 Å². The van der Waals surface area contributed by atoms with Crippen molar-refractivity contribution in [3.8, 4) is 0 Å². The van der Waals surface area contributed by atoms with Gasteiger partial charge in [0.15, 0.2) is 10.9 Å². The summed E-state index contributed by atoms with van der Waals surface area (Å²) in [6.45, 7) is 4.24. The van der Waals surface area contributed by atoms with Crippen LogP contribution in [0.25, 0.3) is 11.0 Å². The number of carbonyl (C=O) groups excluding carboxylic acids is 2. The minimum absolute atomic E-state index is 0.0924. The van der Waals surface area contributed by atoms with Crippen LogP contribution >= 0.6 is 23.1 Å². The number of Topliss-reactive ketones (excluding diaryl/α,β-unsaturated/α-hetero) is 1. The van der Waals surface area contributed by atoms with E-state index in [4.69, 9.17) is 0 Å². The number of nitrogens with zero attached hydrogens (tertiary/aromatic N) is 2. The van der Waals surface area contributed by atoms with Crippen LogP contribution in [0.2, 0.25) is 0 Å². The molecule has 0 aliphatic carbocycles. The Morgan fingerprint density at radius 3 is 2.67 bits per heavy atom. The molecule has 1 N–H and O–H groups in total. The number of thiophene rings is 1. The fourth-order valence-electron chi connectivity index (χ4n) is 2.86. The second kappa shape index (κ2) is 9.22. The van der Waals surface area contributed by atoms with Gasteiger partial charge in [0.2, 0.25) is 5.91 Å². The Morgan fingerprint density at radius 2 is 2.00 bits per heavy atom. The zero-order chi connectivity index (χ0) is 21.9. The van der Waals surface area contributed by atoms with E-state index in [-0.39, 0.29) is 17.4 Å². The molecule has 0 aliphatic rings. The SMILES string of the molecule is CCCn1c(SCC(=O)c2ccc(CNC(C)=O)s2)nc2ccc(C(F)(F)F)cc21. The second-order valence-corrected chi connectivity index (χ2v) is 8.75. The molecule has 0 radical (unpaired) electrons. The van der Waals surface area contributed by atoms with Crippen LogP contribution in [0.1, 0.15) is 40.4 Å². The van der Waals surface area contributed by atoms with Gasteiger partial charge in [0.05, 0.1) is 33.8 Å². The molecule has 1 aromatic carbocycles. The van der Waals surface area contributed by atoms with E-state index in [1.54, 1.807) is 16.7 Å². The summed E-state index contributed by atoms with van der Waals surface area (Å²) in [4.78, 5) is 29.4. The lowest BCUT2D eigenvalue weighted by atomic mass is 10.2. The molecule has 1 amide bonds. The first-order valence-corrected chi connectivity index (χ1v) is 11.1. The van der Waals surface area contributed by atoms with Crippen molar-refractivity contribution in [1.29, 1.82) is 0 Å². The van der Waals surface area contributed by atoms with Crippen LogP contribution in [0.5, 0.6) is 0 Å². The number of alkyl halides is 3. The molecule has 0 aliphatic heterocycles. The Bertz CT molecular complexity index is 1070. The Hall–Kier alpha value is -2.33. The van der Waals surface area contributed by atoms with Crippen LogP contribution in [0.15, 0.2) is 35.5 Å². The molecule has 0 saturated carbocycles. The van der Waals surface area contributed by atoms with E-state index < -0.39 is 11.7 Å². The third-order valence-corrected chi connectivity index (χ3v) is 6.37. The predicted octanol–water partition coefficient (Wildman–Crippen LogP) is 5.14. The van der Waals surface area contributed by atoms with Crippen LogP contribution in [0.4, 0.5) is 13.2 Å². The van der Waals surface area contributed by atoms with Crippen molar-refractivity contribution in [3.63, 3.8) is 0 Å². The number of thioether (sulfide) groups is 1. The molecule has 30 heavy (non-hydrogen) atoms. The molecule has 10 heteroatoms. The van der Waals surface area contributed by atoms with Crippen LogP contribution in [-0.2, 0) is 24.1 Å². The highest BCUT2D eigenvalue weighted by atomic mass is 32.2. The van der Waals surface area contributed by atoms with Crippen LogP contribution in [-0.4, -0.2) is 27.0 Å². The molecule has 0 bridgehead atoms. The second-order valence-electron chi connectivity index (χ2n) is 6.63. The highest BCUT2D eigenvalue weighted by Gasteiger charge is 2.31. The molecule has 5 nitrogen and oxygen atoms in total. The minimum atomic E-state index is -4.42. The maximum absolute atomic E-state index is 13.1. The Labute approximate surface area is 179 Å². The number of amides is 1. The smallest absolute Gasteiger partial charge is 0.351 e. The van der Waals surface area contributed by atoms with Gasteiger partial charge in [-0.05, 0) is 36.8 Å². The monoisotopic (exact) mass is 455 g/mol. The number of benzene rings is 1. The van der Waals surface area contributed by atoms with Crippen molar-refractivity contribution in [3.05, 3.63) is 45.6 Å². The Kier molecular flexibility index (Phi) is 6.87. The number of aromatic nitrogens is 2. The largest absolute Gasteiger partial charge is 0.416 e. The summed E-state index contributed by atoms with van der Waals surface area (Å²) < 4.78 is 41.0. The molecular formula is C20H20F3N3O2S2. The normalized spacial score (nSPS) is 11.8. The lowest BCUT2D eigenvalue weighted by Crippen LogP contribution is -2.18. The van der Waals surface area contributed by atoms with E-state index in [0.717, 1.165) is 23.4 Å². The molecule has 3 aromatic rings. The summed E-state index contributed by atoms with van der Waals surface area (Å²) in [5, 5.41) is 3.21. The number of imidazole rings is 1. The van der Waals surface area contributed by atoms with Crippen molar-refractivity contribution in [2.24, 2.45) is 0 Å². The van der Waals surface area contributed by atoms with E-state index in [1.165, 1.54) is 36.1 Å². The first kappa shape index (κ1) is 22.4. The van der Waals surface area contributed by atoms with Crippen molar-refractivity contribution in [2.45, 2.75) is 44.7 Å². The van der Waals surface area contributed by atoms with E-state index in [0.29, 0.717) is 34.2 Å². The summed E-state index contributed by atoms with van der Waals surface area (Å²) in [7, 11) is 0. The fourth-order valence-corrected chi connectivity index (χ4v) is 4.76. The Morgan fingerprint density at radius 1 is 1.23 bits per heavy atom. The number of carbonyl (C=O) groups is 2. The standard InChI is InChI=1S/C20H20F3N3O2S2/c1-3-8-26-16-9-13(20(21,22)23)4-6-15(16)25-19(26)29-11-17(28)18-7-5-14(30-18)10-24-12(2)27/h4-7,9H,3,8,10-11H2,1-2H3,(H,24,27). The number of hydrogen-bond donors (Lipinski definition) is 1. The number of ketones is 1. The van der Waals surface area contributed by atoms with Crippen LogP contribution in [0.3, 0.4) is 0 Å². The molecule has 2 aromatic heterocycles. The van der Waals surface area contributed by atoms with E-state index in [9.17, 15) is 22.8 Å². The average Bonchev–Trinajstić information content (AvgIpc) is 3.29. The highest BCUT2D eigenvalue weighted by Crippen LogP contribution is 2.33. The predicted molar refractivity (Wildman–Crippen MR) is 112 cm³/mol. The van der Waals surface area contributed by atoms with Gasteiger partial charge in [0.25, 0.3) is 0 Å². The first-order chi connectivity index (χ1) is 14.2. The maximum Gasteiger partial charge on any atom is 0.416 e. The molecule has 0 atom stereocenters. The molecule has 0 spiro atoms. The number of nitrogens with one attached hydrogen (secondary N) is 1. The van der Waals surface area contributed by atoms with Crippen LogP contribution < -0.4 is 5.32 Å². The molecule has 0 unspecified atom stereocenters. The number of hydrogen-bond acceptors (Lipinski definition) is 5. The number of rotatable bonds is 8. The van der Waals surface area contributed by atoms with E-state index in [2.05, 4.69) is 10.3 Å². The van der Waals surface area contributed by atoms with Crippen molar-refractivity contribution in [2.75, 3.05) is 5.75 Å². The van der Waals surface area contributed by atoms with Crippen molar-refractivity contribution in [1.82, 2.24) is 14.9 Å². The third kappa shape index (κ3) is 5.23. The van der Waals surface area contributed by atoms with Gasteiger partial charge in [-0.25, -0.2) is 4.98 Å². The zero-order valence-electron chi connectivity index (χ0n) is 16.4. The number of aryl methyl sites for hydroxylation is 1. The lowest BCUT2D eigenvalue weighted by molar-refractivity contribution is -0.137. The van der Waals surface area contributed by atoms with Gasteiger partial charge in [0.1, 0.15) is 0 Å². The van der Waals surface area contributed by atoms with Crippen molar-refractivity contribution >= 4 is 45.8 Å². The molecule has 2 heterocycles. The van der Waals surface area contributed by atoms with Gasteiger partial charge in [-0.3, -0.25) is 9.59 Å². The minimum Gasteiger partial charge on any atom is -0.351 e. The quantitative estimate of drug-likeness (QED) is 0.377. The number of halogens is 3. The van der Waals surface area contributed by atoms with Gasteiger partial charge < -0.3 is 9.88 Å². The Balaban J connectivity index is 1.77. The average molecular weight is 456 g/mol. The fraction of sp³-hybridized carbons (Fsp3) is 0.350. The molecule has 160 valence electrons. The van der Waals surface area contributed by atoms with Crippen molar-refractivity contribution < 1.29 is 22.8 Å². The third-order valence-electron chi connectivity index (χ3n) is 4.27. The number of fused-ring (bicyclic) bond motifs is 1. The maximum atomic E-state index is 13.1. The van der Waals surface area contributed by atoms with Gasteiger partial charge in [0, 0.05) is 18.3 Å². The highest BCUT2D eigenvalue weighted by molar-refractivity contribution is 7.99. The lowest BCUT2D eigenvalue weighted by Gasteiger charge is -2.09. The van der Waals surface area contributed by atoms with Gasteiger partial charge in [-0.1, -0.05) is 18.7 Å².